The lowest BCUT2D eigenvalue weighted by Crippen LogP contribution is -2.68. The van der Waals surface area contributed by atoms with Crippen LogP contribution in [0.4, 0.5) is 0 Å². The molecule has 14 fully saturated rings. The van der Waals surface area contributed by atoms with Crippen LogP contribution in [-0.2, 0) is 85.3 Å². The summed E-state index contributed by atoms with van der Waals surface area (Å²) in [5.41, 5.74) is 0.993. The number of hydrogen-bond acceptors (Lipinski definition) is 39. The normalized spacial score (nSPS) is 56.8. The maximum atomic E-state index is 12.6. The van der Waals surface area contributed by atoms with Crippen LogP contribution < -0.4 is 0 Å². The van der Waals surface area contributed by atoms with Gasteiger partial charge in [-0.15, -0.1) is 0 Å². The molecule has 644 valence electrons. The fraction of sp³-hybridized carbons (Fsp3) is 0.973. The van der Waals surface area contributed by atoms with Crippen molar-refractivity contribution in [2.45, 2.75) is 350 Å². The lowest BCUT2D eigenvalue weighted by atomic mass is 9.44. The van der Waals surface area contributed by atoms with Crippen LogP contribution in [0.25, 0.3) is 0 Å². The molecule has 14 aliphatic rings. The molecule has 10 aliphatic heterocycles. The molecule has 21 N–H and O–H groups in total. The van der Waals surface area contributed by atoms with Crippen LogP contribution in [0.15, 0.2) is 12.2 Å². The van der Waals surface area contributed by atoms with Gasteiger partial charge in [-0.1, -0.05) is 32.9 Å². The zero-order valence-electron chi connectivity index (χ0n) is 63.0. The van der Waals surface area contributed by atoms with Gasteiger partial charge in [0.2, 0.25) is 0 Å². The summed E-state index contributed by atoms with van der Waals surface area (Å²) in [6.07, 6.45) is -63.4. The fourth-order valence-corrected chi connectivity index (χ4v) is 21.0. The molecule has 49 unspecified atom stereocenters. The minimum atomic E-state index is -2.29. The van der Waals surface area contributed by atoms with Gasteiger partial charge in [-0.25, -0.2) is 0 Å². The number of fused-ring (bicyclic) bond motifs is 7. The van der Waals surface area contributed by atoms with Crippen LogP contribution in [0.3, 0.4) is 0 Å². The minimum Gasteiger partial charge on any atom is -0.394 e. The summed E-state index contributed by atoms with van der Waals surface area (Å²) in [5, 5.41) is 235. The first kappa shape index (κ1) is 86.6. The Morgan fingerprint density at radius 2 is 0.893 bits per heavy atom. The predicted molar refractivity (Wildman–Crippen MR) is 364 cm³/mol. The Labute approximate surface area is 645 Å². The highest BCUT2D eigenvalue weighted by atomic mass is 16.8. The standard InChI is InChI=1S/C73H118O39/c1-24-9-14-73(99-19-24)25(2)40-35(112-73)16-32-30-8-7-28-15-29(10-12-71(28,5)31(30)11-13-72(32,40)6)102-69-61(51(88)45(82)38(106-69)22-97-63-53(90)48(85)41(78)26(3)100-63)110-70-62(111-65-52(89)43(80)33(76)20-95-65)60(46(83)37(18-75)104-70)109-66-56(93)58(34(77)21-96-66)107-68-57(94)59(108-67-55(92)50(87)44(81)36(17-74)103-67)47(84)39(105-68)23-98-64-54(91)49(86)42(79)27(4)101-64/h25-70,74-94H,1,7-23H2,2-6H3. The second-order valence-corrected chi connectivity index (χ2v) is 34.3. The van der Waals surface area contributed by atoms with Crippen LogP contribution in [0.2, 0.25) is 0 Å². The van der Waals surface area contributed by atoms with Gasteiger partial charge in [0.1, 0.15) is 171 Å². The van der Waals surface area contributed by atoms with Crippen LogP contribution >= 0.6 is 0 Å². The fourth-order valence-electron chi connectivity index (χ4n) is 21.0. The van der Waals surface area contributed by atoms with E-state index in [2.05, 4.69) is 27.4 Å². The van der Waals surface area contributed by atoms with Gasteiger partial charge in [0, 0.05) is 12.3 Å². The van der Waals surface area contributed by atoms with Crippen LogP contribution in [0.1, 0.15) is 98.8 Å². The van der Waals surface area contributed by atoms with Crippen molar-refractivity contribution >= 4 is 0 Å². The monoisotopic (exact) mass is 1620 g/mol. The van der Waals surface area contributed by atoms with Gasteiger partial charge in [0.25, 0.3) is 0 Å². The van der Waals surface area contributed by atoms with Gasteiger partial charge >= 0.3 is 0 Å². The Balaban J connectivity index is 0.720. The second kappa shape index (κ2) is 34.6. The Kier molecular flexibility index (Phi) is 26.7. The Bertz CT molecular complexity index is 3090. The zero-order valence-corrected chi connectivity index (χ0v) is 63.0. The Morgan fingerprint density at radius 3 is 1.54 bits per heavy atom. The van der Waals surface area contributed by atoms with Crippen molar-refractivity contribution in [1.82, 2.24) is 0 Å². The molecule has 0 amide bonds. The van der Waals surface area contributed by atoms with Crippen molar-refractivity contribution in [2.24, 2.45) is 46.3 Å². The van der Waals surface area contributed by atoms with Crippen molar-refractivity contribution in [3.05, 3.63) is 12.2 Å². The number of aliphatic hydroxyl groups is 21. The van der Waals surface area contributed by atoms with E-state index in [1.165, 1.54) is 13.8 Å². The molecule has 10 saturated heterocycles. The number of rotatable bonds is 20. The Hall–Kier alpha value is -1.82. The van der Waals surface area contributed by atoms with E-state index in [0.29, 0.717) is 43.1 Å². The number of aliphatic hydroxyl groups excluding tert-OH is 21. The van der Waals surface area contributed by atoms with E-state index >= 15 is 0 Å². The van der Waals surface area contributed by atoms with Gasteiger partial charge in [-0.3, -0.25) is 0 Å². The molecule has 10 heterocycles. The third kappa shape index (κ3) is 16.1. The molecular weight excluding hydrogens is 1500 g/mol. The summed E-state index contributed by atoms with van der Waals surface area (Å²) < 4.78 is 111. The molecule has 49 atom stereocenters. The molecule has 0 radical (unpaired) electrons. The molecule has 112 heavy (non-hydrogen) atoms. The molecule has 39 nitrogen and oxygen atoms in total. The zero-order chi connectivity index (χ0) is 80.4. The number of hydrogen-bond donors (Lipinski definition) is 21. The topological polar surface area (TPSA) is 591 Å². The average Bonchev–Trinajstić information content (AvgIpc) is 1.51. The van der Waals surface area contributed by atoms with Crippen LogP contribution in [-0.4, -0.2) is 405 Å². The predicted octanol–water partition coefficient (Wildman–Crippen LogP) is -8.36. The van der Waals surface area contributed by atoms with Gasteiger partial charge in [0.15, 0.2) is 56.1 Å². The molecule has 0 bridgehead atoms. The molecule has 1 spiro atoms. The van der Waals surface area contributed by atoms with Crippen LogP contribution in [0, 0.1) is 46.3 Å². The smallest absolute Gasteiger partial charge is 0.187 e. The maximum Gasteiger partial charge on any atom is 0.187 e. The largest absolute Gasteiger partial charge is 0.394 e. The number of ether oxygens (including phenoxy) is 18. The first-order valence-electron chi connectivity index (χ1n) is 39.6. The molecule has 4 saturated carbocycles. The molecule has 39 heteroatoms. The molecule has 0 aromatic carbocycles. The van der Waals surface area contributed by atoms with Gasteiger partial charge in [-0.2, -0.15) is 0 Å². The van der Waals surface area contributed by atoms with Crippen molar-refractivity contribution in [2.75, 3.05) is 46.2 Å². The van der Waals surface area contributed by atoms with Gasteiger partial charge in [0.05, 0.1) is 70.7 Å². The second-order valence-electron chi connectivity index (χ2n) is 34.3. The first-order valence-corrected chi connectivity index (χ1v) is 39.6. The quantitative estimate of drug-likeness (QED) is 0.0398. The maximum absolute atomic E-state index is 12.6. The first-order chi connectivity index (χ1) is 53.1. The third-order valence-electron chi connectivity index (χ3n) is 27.7. The van der Waals surface area contributed by atoms with E-state index in [9.17, 15) is 107 Å². The lowest BCUT2D eigenvalue weighted by Gasteiger charge is -2.61. The summed E-state index contributed by atoms with van der Waals surface area (Å²) in [6, 6.07) is 0. The molecule has 0 aromatic rings. The van der Waals surface area contributed by atoms with E-state index in [1.807, 2.05) is 0 Å². The molecule has 0 aromatic heterocycles. The minimum absolute atomic E-state index is 0.0447. The van der Waals surface area contributed by atoms with Gasteiger partial charge in [-0.05, 0) is 112 Å². The summed E-state index contributed by atoms with van der Waals surface area (Å²) in [5.74, 6) is 1.32. The highest BCUT2D eigenvalue weighted by Gasteiger charge is 2.70. The summed E-state index contributed by atoms with van der Waals surface area (Å²) in [4.78, 5) is 0. The summed E-state index contributed by atoms with van der Waals surface area (Å²) in [6.45, 7) is 9.66. The molecular formula is C73H118O39. The molecule has 4 aliphatic carbocycles. The lowest BCUT2D eigenvalue weighted by molar-refractivity contribution is -0.409. The van der Waals surface area contributed by atoms with E-state index in [0.717, 1.165) is 56.9 Å². The van der Waals surface area contributed by atoms with Gasteiger partial charge < -0.3 is 193 Å². The van der Waals surface area contributed by atoms with E-state index in [4.69, 9.17) is 85.3 Å². The van der Waals surface area contributed by atoms with Crippen molar-refractivity contribution in [3.8, 4) is 0 Å². The van der Waals surface area contributed by atoms with E-state index < -0.39 is 285 Å². The highest BCUT2D eigenvalue weighted by molar-refractivity contribution is 5.17. The van der Waals surface area contributed by atoms with Crippen molar-refractivity contribution < 1.29 is 193 Å². The van der Waals surface area contributed by atoms with E-state index in [1.54, 1.807) is 0 Å². The van der Waals surface area contributed by atoms with E-state index in [-0.39, 0.29) is 28.8 Å². The van der Waals surface area contributed by atoms with Crippen molar-refractivity contribution in [1.29, 1.82) is 0 Å². The Morgan fingerprint density at radius 1 is 0.402 bits per heavy atom. The molecule has 14 rings (SSSR count). The third-order valence-corrected chi connectivity index (χ3v) is 27.7. The summed E-state index contributed by atoms with van der Waals surface area (Å²) in [7, 11) is 0. The van der Waals surface area contributed by atoms with Crippen LogP contribution in [0.5, 0.6) is 0 Å². The SMILES string of the molecule is C=C1CCC2(OC1)OC1CC3C4CCC5CC(OC6OC(COC7OC(C)C(O)C(O)C7O)C(O)C(O)C6OC6OC(CO)C(O)C(OC7OCC(O)C(OC8OC(COC9OC(C)C(O)C(O)C9O)C(O)C(OC9OC(CO)C(O)C(O)C9O)C8O)C7O)C6OC6OCC(O)C(O)C6O)CCC5(C)C4CCC3(C)C1C2C. The average molecular weight is 1620 g/mol. The highest BCUT2D eigenvalue weighted by Crippen LogP contribution is 2.72. The van der Waals surface area contributed by atoms with Crippen molar-refractivity contribution in [3.63, 3.8) is 0 Å². The summed E-state index contributed by atoms with van der Waals surface area (Å²) >= 11 is 0.